The van der Waals surface area contributed by atoms with Gasteiger partial charge in [0, 0.05) is 19.6 Å². The fraction of sp³-hybridized carbons (Fsp3) is 0.412. The van der Waals surface area contributed by atoms with Gasteiger partial charge in [-0.25, -0.2) is 4.68 Å². The van der Waals surface area contributed by atoms with Gasteiger partial charge in [-0.3, -0.25) is 4.90 Å². The fourth-order valence-electron chi connectivity index (χ4n) is 3.02. The lowest BCUT2D eigenvalue weighted by molar-refractivity contribution is 0.190. The number of benzene rings is 1. The van der Waals surface area contributed by atoms with Crippen LogP contribution in [-0.4, -0.2) is 56.7 Å². The Bertz CT molecular complexity index is 868. The largest absolute Gasteiger partial charge is 0.332 e. The van der Waals surface area contributed by atoms with Gasteiger partial charge in [0.2, 0.25) is 0 Å². The van der Waals surface area contributed by atoms with Gasteiger partial charge in [0.05, 0.1) is 17.4 Å². The van der Waals surface area contributed by atoms with Crippen molar-refractivity contribution < 1.29 is 4.52 Å². The summed E-state index contributed by atoms with van der Waals surface area (Å²) in [5.41, 5.74) is 3.64. The van der Waals surface area contributed by atoms with Crippen molar-refractivity contribution in [2.24, 2.45) is 0 Å². The molecule has 8 heteroatoms. The number of rotatable bonds is 3. The maximum absolute atomic E-state index is 5.47. The second kappa shape index (κ2) is 6.38. The van der Waals surface area contributed by atoms with E-state index in [9.17, 15) is 0 Å². The predicted molar refractivity (Wildman–Crippen MR) is 92.4 cm³/mol. The van der Waals surface area contributed by atoms with E-state index in [2.05, 4.69) is 44.6 Å². The molecule has 1 aliphatic heterocycles. The van der Waals surface area contributed by atoms with E-state index in [1.54, 1.807) is 4.68 Å². The van der Waals surface area contributed by atoms with Gasteiger partial charge in [0.1, 0.15) is 0 Å². The third-order valence-electron chi connectivity index (χ3n) is 4.63. The topological polar surface area (TPSA) is 84.9 Å². The highest BCUT2D eigenvalue weighted by atomic mass is 16.5. The highest BCUT2D eigenvalue weighted by Gasteiger charge is 2.27. The van der Waals surface area contributed by atoms with Crippen molar-refractivity contribution in [2.45, 2.75) is 19.9 Å². The molecule has 1 atom stereocenters. The summed E-state index contributed by atoms with van der Waals surface area (Å²) in [5.74, 6) is 1.08. The van der Waals surface area contributed by atoms with E-state index in [4.69, 9.17) is 4.52 Å². The number of hydrogen-bond donors (Lipinski definition) is 1. The average molecular weight is 339 g/mol. The first-order valence-electron chi connectivity index (χ1n) is 8.38. The second-order valence-electron chi connectivity index (χ2n) is 6.43. The standard InChI is InChI=1S/C17H21N7O/c1-11-4-6-13(7-5-11)24-12(2)15(20-22-24)17-19-16(21-25-17)14-10-18-8-9-23(14)3/h4-7,14,18H,8-10H2,1-3H3. The van der Waals surface area contributed by atoms with E-state index in [0.717, 1.165) is 31.0 Å². The van der Waals surface area contributed by atoms with E-state index < -0.39 is 0 Å². The molecule has 0 amide bonds. The van der Waals surface area contributed by atoms with Gasteiger partial charge in [-0.05, 0) is 33.0 Å². The molecule has 2 aromatic heterocycles. The summed E-state index contributed by atoms with van der Waals surface area (Å²) in [4.78, 5) is 6.78. The zero-order valence-corrected chi connectivity index (χ0v) is 14.6. The lowest BCUT2D eigenvalue weighted by atomic mass is 10.2. The molecule has 4 rings (SSSR count). The van der Waals surface area contributed by atoms with Gasteiger partial charge >= 0.3 is 0 Å². The Kier molecular flexibility index (Phi) is 4.06. The summed E-state index contributed by atoms with van der Waals surface area (Å²) >= 11 is 0. The fourth-order valence-corrected chi connectivity index (χ4v) is 3.02. The van der Waals surface area contributed by atoms with Crippen LogP contribution in [0.25, 0.3) is 17.3 Å². The quantitative estimate of drug-likeness (QED) is 0.774. The Labute approximate surface area is 145 Å². The lowest BCUT2D eigenvalue weighted by Crippen LogP contribution is -2.44. The summed E-state index contributed by atoms with van der Waals surface area (Å²) in [6.07, 6.45) is 0. The molecule has 0 aliphatic carbocycles. The number of hydrogen-bond acceptors (Lipinski definition) is 7. The van der Waals surface area contributed by atoms with Crippen LogP contribution in [0.5, 0.6) is 0 Å². The monoisotopic (exact) mass is 339 g/mol. The number of nitrogens with zero attached hydrogens (tertiary/aromatic N) is 6. The van der Waals surface area contributed by atoms with Gasteiger partial charge in [-0.1, -0.05) is 28.1 Å². The Morgan fingerprint density at radius 1 is 1.20 bits per heavy atom. The summed E-state index contributed by atoms with van der Waals surface area (Å²) in [6.45, 7) is 6.75. The van der Waals surface area contributed by atoms with E-state index in [1.807, 2.05) is 31.2 Å². The van der Waals surface area contributed by atoms with Crippen LogP contribution in [-0.2, 0) is 0 Å². The van der Waals surface area contributed by atoms with Gasteiger partial charge in [-0.2, -0.15) is 4.98 Å². The number of aromatic nitrogens is 5. The normalized spacial score (nSPS) is 18.6. The van der Waals surface area contributed by atoms with Crippen molar-refractivity contribution in [1.82, 2.24) is 35.4 Å². The third-order valence-corrected chi connectivity index (χ3v) is 4.63. The Hall–Kier alpha value is -2.58. The van der Waals surface area contributed by atoms with Crippen LogP contribution < -0.4 is 5.32 Å². The molecule has 0 saturated carbocycles. The van der Waals surface area contributed by atoms with Gasteiger partial charge in [-0.15, -0.1) is 5.10 Å². The van der Waals surface area contributed by atoms with Crippen LogP contribution in [0.15, 0.2) is 28.8 Å². The molecule has 1 N–H and O–H groups in total. The van der Waals surface area contributed by atoms with Crippen LogP contribution in [0.4, 0.5) is 0 Å². The van der Waals surface area contributed by atoms with Crippen molar-refractivity contribution in [1.29, 1.82) is 0 Å². The first-order chi connectivity index (χ1) is 12.1. The van der Waals surface area contributed by atoms with Gasteiger partial charge in [0.25, 0.3) is 5.89 Å². The zero-order chi connectivity index (χ0) is 17.4. The first-order valence-corrected chi connectivity index (χ1v) is 8.38. The molecule has 1 aliphatic rings. The maximum atomic E-state index is 5.47. The minimum Gasteiger partial charge on any atom is -0.332 e. The third kappa shape index (κ3) is 2.94. The van der Waals surface area contributed by atoms with E-state index >= 15 is 0 Å². The van der Waals surface area contributed by atoms with Crippen LogP contribution in [0.3, 0.4) is 0 Å². The predicted octanol–water partition coefficient (Wildman–Crippen LogP) is 1.51. The van der Waals surface area contributed by atoms with E-state index in [0.29, 0.717) is 17.4 Å². The summed E-state index contributed by atoms with van der Waals surface area (Å²) in [6, 6.07) is 8.24. The molecule has 1 aromatic carbocycles. The summed E-state index contributed by atoms with van der Waals surface area (Å²) in [7, 11) is 2.07. The van der Waals surface area contributed by atoms with Crippen molar-refractivity contribution in [2.75, 3.05) is 26.7 Å². The maximum Gasteiger partial charge on any atom is 0.280 e. The molecule has 8 nitrogen and oxygen atoms in total. The van der Waals surface area contributed by atoms with Crippen molar-refractivity contribution in [3.63, 3.8) is 0 Å². The summed E-state index contributed by atoms with van der Waals surface area (Å²) in [5, 5.41) is 16.0. The molecule has 130 valence electrons. The van der Waals surface area contributed by atoms with Crippen LogP contribution in [0.2, 0.25) is 0 Å². The lowest BCUT2D eigenvalue weighted by Gasteiger charge is -2.30. The second-order valence-corrected chi connectivity index (χ2v) is 6.43. The molecule has 1 saturated heterocycles. The number of likely N-dealkylation sites (N-methyl/N-ethyl adjacent to an activating group) is 1. The SMILES string of the molecule is Cc1ccc(-n2nnc(-c3nc(C4CNCCN4C)no3)c2C)cc1. The molecular formula is C17H21N7O. The van der Waals surface area contributed by atoms with E-state index in [-0.39, 0.29) is 6.04 Å². The minimum absolute atomic E-state index is 0.110. The van der Waals surface area contributed by atoms with Gasteiger partial charge in [0.15, 0.2) is 11.5 Å². The molecule has 3 aromatic rings. The Morgan fingerprint density at radius 3 is 2.76 bits per heavy atom. The van der Waals surface area contributed by atoms with Crippen LogP contribution in [0.1, 0.15) is 23.1 Å². The molecule has 0 radical (unpaired) electrons. The molecule has 1 unspecified atom stereocenters. The Morgan fingerprint density at radius 2 is 2.00 bits per heavy atom. The molecule has 1 fully saturated rings. The molecule has 0 spiro atoms. The minimum atomic E-state index is 0.110. The molecule has 3 heterocycles. The average Bonchev–Trinajstić information content (AvgIpc) is 3.23. The Balaban J connectivity index is 1.64. The highest BCUT2D eigenvalue weighted by molar-refractivity contribution is 5.51. The van der Waals surface area contributed by atoms with Crippen LogP contribution in [0, 0.1) is 13.8 Å². The van der Waals surface area contributed by atoms with Crippen molar-refractivity contribution in [3.05, 3.63) is 41.3 Å². The smallest absolute Gasteiger partial charge is 0.280 e. The summed E-state index contributed by atoms with van der Waals surface area (Å²) < 4.78 is 7.25. The molecule has 25 heavy (non-hydrogen) atoms. The number of piperazine rings is 1. The molecular weight excluding hydrogens is 318 g/mol. The first kappa shape index (κ1) is 15.9. The van der Waals surface area contributed by atoms with Crippen LogP contribution >= 0.6 is 0 Å². The zero-order valence-electron chi connectivity index (χ0n) is 14.6. The number of aryl methyl sites for hydroxylation is 1. The highest BCUT2D eigenvalue weighted by Crippen LogP contribution is 2.24. The van der Waals surface area contributed by atoms with E-state index in [1.165, 1.54) is 5.56 Å². The van der Waals surface area contributed by atoms with Gasteiger partial charge < -0.3 is 9.84 Å². The van der Waals surface area contributed by atoms with Crippen molar-refractivity contribution >= 4 is 0 Å². The number of nitrogens with one attached hydrogen (secondary N) is 1. The molecule has 0 bridgehead atoms. The van der Waals surface area contributed by atoms with Crippen molar-refractivity contribution in [3.8, 4) is 17.3 Å².